The minimum atomic E-state index is -0.386. The molecule has 4 nitrogen and oxygen atoms in total. The highest BCUT2D eigenvalue weighted by Gasteiger charge is 2.37. The summed E-state index contributed by atoms with van der Waals surface area (Å²) in [4.78, 5) is 29.3. The molecule has 0 aromatic heterocycles. The Morgan fingerprint density at radius 2 is 1.68 bits per heavy atom. The highest BCUT2D eigenvalue weighted by Crippen LogP contribution is 2.34. The average Bonchev–Trinajstić information content (AvgIpc) is 2.97. The fraction of sp³-hybridized carbons (Fsp3) is 0.227. The molecule has 1 aliphatic heterocycles. The van der Waals surface area contributed by atoms with Crippen LogP contribution in [-0.4, -0.2) is 34.1 Å². The number of nitrogens with zero attached hydrogens (tertiary/aromatic N) is 2. The quantitative estimate of drug-likeness (QED) is 0.399. The third kappa shape index (κ3) is 4.18. The van der Waals surface area contributed by atoms with Crippen LogP contribution in [0.4, 0.5) is 5.69 Å². The number of hydrogen-bond acceptors (Lipinski definition) is 5. The zero-order chi connectivity index (χ0) is 20.3. The number of hydrogen-bond donors (Lipinski definition) is 0. The molecule has 1 fully saturated rings. The molecular weight excluding hydrogens is 388 g/mol. The van der Waals surface area contributed by atoms with E-state index in [-0.39, 0.29) is 16.1 Å². The fourth-order valence-corrected chi connectivity index (χ4v) is 4.24. The van der Waals surface area contributed by atoms with Crippen LogP contribution in [0.3, 0.4) is 0 Å². The van der Waals surface area contributed by atoms with Crippen molar-refractivity contribution in [2.75, 3.05) is 18.0 Å². The van der Waals surface area contributed by atoms with Crippen LogP contribution >= 0.6 is 24.0 Å². The predicted octanol–water partition coefficient (Wildman–Crippen LogP) is 4.88. The summed E-state index contributed by atoms with van der Waals surface area (Å²) in [5.41, 5.74) is 3.55. The van der Waals surface area contributed by atoms with Crippen molar-refractivity contribution in [2.24, 2.45) is 0 Å². The molecule has 1 saturated heterocycles. The molecule has 0 aliphatic carbocycles. The van der Waals surface area contributed by atoms with Crippen molar-refractivity contribution >= 4 is 51.9 Å². The average molecular weight is 411 g/mol. The Bertz CT molecular complexity index is 930. The molecule has 3 rings (SSSR count). The lowest BCUT2D eigenvalue weighted by atomic mass is 10.1. The molecular formula is C22H22N2O2S2. The van der Waals surface area contributed by atoms with Crippen LogP contribution in [0.5, 0.6) is 0 Å². The third-order valence-corrected chi connectivity index (χ3v) is 5.92. The van der Waals surface area contributed by atoms with E-state index in [4.69, 9.17) is 12.2 Å². The number of anilines is 1. The first kappa shape index (κ1) is 20.3. The Morgan fingerprint density at radius 1 is 1.07 bits per heavy atom. The molecule has 144 valence electrons. The minimum Gasteiger partial charge on any atom is -0.372 e. The summed E-state index contributed by atoms with van der Waals surface area (Å²) >= 11 is 6.46. The second-order valence-electron chi connectivity index (χ2n) is 6.45. The number of carbonyl (C=O) groups excluding carboxylic acids is 2. The maximum Gasteiger partial charge on any atom is 0.273 e. The lowest BCUT2D eigenvalue weighted by Gasteiger charge is -2.20. The molecule has 0 radical (unpaired) electrons. The van der Waals surface area contributed by atoms with E-state index in [2.05, 4.69) is 18.7 Å². The van der Waals surface area contributed by atoms with Gasteiger partial charge in [0.05, 0.1) is 4.91 Å². The van der Waals surface area contributed by atoms with E-state index in [1.165, 1.54) is 0 Å². The summed E-state index contributed by atoms with van der Waals surface area (Å²) in [5.74, 6) is -0.754. The second-order valence-corrected chi connectivity index (χ2v) is 8.13. The van der Waals surface area contributed by atoms with E-state index in [9.17, 15) is 9.59 Å². The number of amides is 2. The lowest BCUT2D eigenvalue weighted by molar-refractivity contribution is -0.120. The maximum absolute atomic E-state index is 12.8. The Hall–Kier alpha value is -2.44. The molecule has 0 N–H and O–H groups in total. The third-order valence-electron chi connectivity index (χ3n) is 4.61. The Kier molecular flexibility index (Phi) is 6.31. The Labute approximate surface area is 175 Å². The number of carbonyl (C=O) groups is 2. The summed E-state index contributed by atoms with van der Waals surface area (Å²) in [6, 6.07) is 15.1. The SMILES string of the molecule is CCN(CC)c1ccc(/C=C2/SC(=S)N(C(=O)c3ccc(C)cc3)C2=O)cc1. The first-order valence-electron chi connectivity index (χ1n) is 9.18. The lowest BCUT2D eigenvalue weighted by Crippen LogP contribution is -2.34. The van der Waals surface area contributed by atoms with Gasteiger partial charge < -0.3 is 4.90 Å². The molecule has 2 aromatic rings. The molecule has 2 amide bonds. The summed E-state index contributed by atoms with van der Waals surface area (Å²) in [5, 5.41) is 0. The Balaban J connectivity index is 1.81. The molecule has 0 saturated carbocycles. The van der Waals surface area contributed by atoms with Gasteiger partial charge in [0, 0.05) is 24.3 Å². The van der Waals surface area contributed by atoms with Gasteiger partial charge in [-0.25, -0.2) is 4.90 Å². The maximum atomic E-state index is 12.8. The van der Waals surface area contributed by atoms with Crippen molar-refractivity contribution in [3.63, 3.8) is 0 Å². The molecule has 6 heteroatoms. The predicted molar refractivity (Wildman–Crippen MR) is 121 cm³/mol. The van der Waals surface area contributed by atoms with Crippen molar-refractivity contribution in [3.05, 3.63) is 70.1 Å². The zero-order valence-corrected chi connectivity index (χ0v) is 17.8. The highest BCUT2D eigenvalue weighted by atomic mass is 32.2. The molecule has 0 bridgehead atoms. The summed E-state index contributed by atoms with van der Waals surface area (Å²) < 4.78 is 0.265. The van der Waals surface area contributed by atoms with Gasteiger partial charge in [0.2, 0.25) is 0 Å². The number of benzene rings is 2. The van der Waals surface area contributed by atoms with Crippen LogP contribution in [0.15, 0.2) is 53.4 Å². The van der Waals surface area contributed by atoms with Gasteiger partial charge in [-0.3, -0.25) is 9.59 Å². The molecule has 0 spiro atoms. The van der Waals surface area contributed by atoms with Gasteiger partial charge in [0.25, 0.3) is 11.8 Å². The van der Waals surface area contributed by atoms with Crippen LogP contribution < -0.4 is 4.90 Å². The molecule has 1 aliphatic rings. The van der Waals surface area contributed by atoms with E-state index < -0.39 is 0 Å². The van der Waals surface area contributed by atoms with Crippen molar-refractivity contribution in [2.45, 2.75) is 20.8 Å². The van der Waals surface area contributed by atoms with E-state index in [0.717, 1.165) is 46.6 Å². The standard InChI is InChI=1S/C22H22N2O2S2/c1-4-23(5-2)18-12-8-16(9-13-18)14-19-21(26)24(22(27)28-19)20(25)17-10-6-15(3)7-11-17/h6-14H,4-5H2,1-3H3/b19-14+. The number of imide groups is 1. The van der Waals surface area contributed by atoms with Crippen LogP contribution in [0, 0.1) is 6.92 Å². The van der Waals surface area contributed by atoms with Gasteiger partial charge in [-0.05, 0) is 56.7 Å². The number of rotatable bonds is 5. The van der Waals surface area contributed by atoms with E-state index in [0.29, 0.717) is 10.5 Å². The van der Waals surface area contributed by atoms with Crippen LogP contribution in [0.1, 0.15) is 35.3 Å². The van der Waals surface area contributed by atoms with Crippen LogP contribution in [-0.2, 0) is 4.79 Å². The largest absolute Gasteiger partial charge is 0.372 e. The molecule has 28 heavy (non-hydrogen) atoms. The summed E-state index contributed by atoms with van der Waals surface area (Å²) in [7, 11) is 0. The van der Waals surface area contributed by atoms with E-state index in [1.807, 2.05) is 43.3 Å². The molecule has 0 unspecified atom stereocenters. The zero-order valence-electron chi connectivity index (χ0n) is 16.1. The van der Waals surface area contributed by atoms with Gasteiger partial charge in [0.15, 0.2) is 4.32 Å². The first-order chi connectivity index (χ1) is 13.4. The van der Waals surface area contributed by atoms with Gasteiger partial charge in [-0.15, -0.1) is 0 Å². The van der Waals surface area contributed by atoms with Crippen molar-refractivity contribution in [3.8, 4) is 0 Å². The minimum absolute atomic E-state index is 0.265. The Morgan fingerprint density at radius 3 is 2.25 bits per heavy atom. The summed E-state index contributed by atoms with van der Waals surface area (Å²) in [6.45, 7) is 8.06. The van der Waals surface area contributed by atoms with Gasteiger partial charge in [-0.2, -0.15) is 0 Å². The number of thioether (sulfide) groups is 1. The van der Waals surface area contributed by atoms with Gasteiger partial charge in [-0.1, -0.05) is 53.8 Å². The van der Waals surface area contributed by atoms with Gasteiger partial charge >= 0.3 is 0 Å². The normalized spacial score (nSPS) is 15.4. The monoisotopic (exact) mass is 410 g/mol. The van der Waals surface area contributed by atoms with Crippen molar-refractivity contribution in [1.82, 2.24) is 4.90 Å². The van der Waals surface area contributed by atoms with E-state index in [1.54, 1.807) is 18.2 Å². The fourth-order valence-electron chi connectivity index (χ4n) is 2.99. The number of aryl methyl sites for hydroxylation is 1. The number of thiocarbonyl (C=S) groups is 1. The topological polar surface area (TPSA) is 40.6 Å². The second kappa shape index (κ2) is 8.71. The van der Waals surface area contributed by atoms with Crippen molar-refractivity contribution in [1.29, 1.82) is 0 Å². The van der Waals surface area contributed by atoms with Crippen LogP contribution in [0.2, 0.25) is 0 Å². The van der Waals surface area contributed by atoms with Gasteiger partial charge in [0.1, 0.15) is 0 Å². The smallest absolute Gasteiger partial charge is 0.273 e. The molecule has 0 atom stereocenters. The van der Waals surface area contributed by atoms with Crippen molar-refractivity contribution < 1.29 is 9.59 Å². The highest BCUT2D eigenvalue weighted by molar-refractivity contribution is 8.26. The summed E-state index contributed by atoms with van der Waals surface area (Å²) in [6.07, 6.45) is 1.79. The first-order valence-corrected chi connectivity index (χ1v) is 10.4. The van der Waals surface area contributed by atoms with Crippen LogP contribution in [0.25, 0.3) is 6.08 Å². The molecule has 1 heterocycles. The molecule has 2 aromatic carbocycles. The van der Waals surface area contributed by atoms with E-state index >= 15 is 0 Å².